The molecule has 0 atom stereocenters. The molecule has 1 aliphatic carbocycles. The fraction of sp³-hybridized carbons (Fsp3) is 0.625. The first-order valence-electron chi connectivity index (χ1n) is 7.37. The van der Waals surface area contributed by atoms with Crippen molar-refractivity contribution in [3.8, 4) is 0 Å². The number of benzene rings is 1. The number of hydrogen-bond donors (Lipinski definition) is 1. The van der Waals surface area contributed by atoms with E-state index in [1.807, 2.05) is 7.05 Å². The van der Waals surface area contributed by atoms with Crippen molar-refractivity contribution in [1.29, 1.82) is 0 Å². The minimum Gasteiger partial charge on any atom is -0.396 e. The molecule has 0 aliphatic heterocycles. The van der Waals surface area contributed by atoms with E-state index in [1.165, 1.54) is 0 Å². The Morgan fingerprint density at radius 3 is 2.14 bits per heavy atom. The Morgan fingerprint density at radius 1 is 1.10 bits per heavy atom. The second-order valence-electron chi connectivity index (χ2n) is 5.97. The van der Waals surface area contributed by atoms with Gasteiger partial charge in [0.25, 0.3) is 0 Å². The van der Waals surface area contributed by atoms with Gasteiger partial charge in [-0.2, -0.15) is 13.2 Å². The summed E-state index contributed by atoms with van der Waals surface area (Å²) in [5, 5.41) is 9.14. The van der Waals surface area contributed by atoms with Crippen molar-refractivity contribution in [3.05, 3.63) is 35.4 Å². The van der Waals surface area contributed by atoms with Gasteiger partial charge in [-0.3, -0.25) is 4.90 Å². The van der Waals surface area contributed by atoms with E-state index in [0.29, 0.717) is 18.5 Å². The van der Waals surface area contributed by atoms with Crippen molar-refractivity contribution in [2.45, 2.75) is 44.4 Å². The first-order valence-corrected chi connectivity index (χ1v) is 7.37. The Bertz CT molecular complexity index is 436. The molecule has 0 aromatic heterocycles. The van der Waals surface area contributed by atoms with Gasteiger partial charge in [0, 0.05) is 19.2 Å². The van der Waals surface area contributed by atoms with E-state index in [-0.39, 0.29) is 6.61 Å². The van der Waals surface area contributed by atoms with Gasteiger partial charge >= 0.3 is 6.18 Å². The Kier molecular flexibility index (Phi) is 5.27. The number of aliphatic hydroxyl groups is 1. The highest BCUT2D eigenvalue weighted by Crippen LogP contribution is 2.30. The van der Waals surface area contributed by atoms with Crippen LogP contribution in [0.4, 0.5) is 13.2 Å². The first kappa shape index (κ1) is 16.3. The number of rotatable bonds is 4. The van der Waals surface area contributed by atoms with Crippen molar-refractivity contribution in [2.75, 3.05) is 13.7 Å². The van der Waals surface area contributed by atoms with Crippen LogP contribution in [0.5, 0.6) is 0 Å². The predicted octanol–water partition coefficient (Wildman–Crippen LogP) is 3.69. The molecule has 0 heterocycles. The molecule has 0 saturated heterocycles. The molecule has 2 nitrogen and oxygen atoms in total. The van der Waals surface area contributed by atoms with Gasteiger partial charge in [-0.15, -0.1) is 0 Å². The van der Waals surface area contributed by atoms with Gasteiger partial charge in [0.15, 0.2) is 0 Å². The average molecular weight is 301 g/mol. The summed E-state index contributed by atoms with van der Waals surface area (Å²) in [6.07, 6.45) is -0.130. The number of halogens is 3. The van der Waals surface area contributed by atoms with E-state index in [2.05, 4.69) is 4.90 Å². The molecule has 1 aromatic carbocycles. The van der Waals surface area contributed by atoms with Crippen molar-refractivity contribution in [2.24, 2.45) is 5.92 Å². The van der Waals surface area contributed by atoms with E-state index in [4.69, 9.17) is 5.11 Å². The lowest BCUT2D eigenvalue weighted by atomic mass is 9.86. The van der Waals surface area contributed by atoms with Gasteiger partial charge in [-0.25, -0.2) is 0 Å². The van der Waals surface area contributed by atoms with Crippen LogP contribution in [-0.4, -0.2) is 29.7 Å². The summed E-state index contributed by atoms with van der Waals surface area (Å²) in [6, 6.07) is 5.85. The molecular formula is C16H22F3NO. The van der Waals surface area contributed by atoms with Gasteiger partial charge in [-0.1, -0.05) is 12.1 Å². The summed E-state index contributed by atoms with van der Waals surface area (Å²) in [5.74, 6) is 0.417. The smallest absolute Gasteiger partial charge is 0.396 e. The van der Waals surface area contributed by atoms with E-state index in [1.54, 1.807) is 12.1 Å². The molecule has 118 valence electrons. The number of nitrogens with zero attached hydrogens (tertiary/aromatic N) is 1. The van der Waals surface area contributed by atoms with Crippen molar-refractivity contribution in [1.82, 2.24) is 4.90 Å². The maximum Gasteiger partial charge on any atom is 0.416 e. The fourth-order valence-electron chi connectivity index (χ4n) is 2.98. The zero-order valence-corrected chi connectivity index (χ0v) is 12.2. The van der Waals surface area contributed by atoms with Crippen LogP contribution < -0.4 is 0 Å². The van der Waals surface area contributed by atoms with Crippen LogP contribution in [0, 0.1) is 5.92 Å². The molecule has 1 N–H and O–H groups in total. The molecule has 1 aromatic rings. The van der Waals surface area contributed by atoms with Crippen molar-refractivity contribution in [3.63, 3.8) is 0 Å². The predicted molar refractivity (Wildman–Crippen MR) is 75.7 cm³/mol. The van der Waals surface area contributed by atoms with Gasteiger partial charge < -0.3 is 5.11 Å². The molecule has 0 radical (unpaired) electrons. The highest BCUT2D eigenvalue weighted by molar-refractivity contribution is 5.24. The lowest BCUT2D eigenvalue weighted by Crippen LogP contribution is -2.35. The minimum absolute atomic E-state index is 0.259. The monoisotopic (exact) mass is 301 g/mol. The van der Waals surface area contributed by atoms with E-state index < -0.39 is 11.7 Å². The molecule has 2 rings (SSSR count). The fourth-order valence-corrected chi connectivity index (χ4v) is 2.98. The lowest BCUT2D eigenvalue weighted by Gasteiger charge is -2.34. The molecule has 21 heavy (non-hydrogen) atoms. The Morgan fingerprint density at radius 2 is 1.67 bits per heavy atom. The second kappa shape index (κ2) is 6.79. The van der Waals surface area contributed by atoms with E-state index in [9.17, 15) is 13.2 Å². The quantitative estimate of drug-likeness (QED) is 0.917. The topological polar surface area (TPSA) is 23.5 Å². The van der Waals surface area contributed by atoms with Crippen LogP contribution in [0.1, 0.15) is 36.8 Å². The summed E-state index contributed by atoms with van der Waals surface area (Å²) in [7, 11) is 2.02. The van der Waals surface area contributed by atoms with Crippen LogP contribution in [0.15, 0.2) is 24.3 Å². The Labute approximate surface area is 123 Å². The molecule has 0 unspecified atom stereocenters. The van der Waals surface area contributed by atoms with Gasteiger partial charge in [0.05, 0.1) is 5.56 Å². The average Bonchev–Trinajstić information content (AvgIpc) is 2.47. The maximum absolute atomic E-state index is 12.5. The highest BCUT2D eigenvalue weighted by Gasteiger charge is 2.30. The van der Waals surface area contributed by atoms with Crippen LogP contribution in [-0.2, 0) is 12.7 Å². The standard InChI is InChI=1S/C16H22F3NO/c1-20(15-8-4-13(11-21)5-9-15)10-12-2-6-14(7-3-12)16(17,18)19/h2-3,6-7,13,15,21H,4-5,8-11H2,1H3. The molecule has 5 heteroatoms. The molecule has 0 bridgehead atoms. The van der Waals surface area contributed by atoms with Gasteiger partial charge in [-0.05, 0) is 56.3 Å². The van der Waals surface area contributed by atoms with Gasteiger partial charge in [0.2, 0.25) is 0 Å². The highest BCUT2D eigenvalue weighted by atomic mass is 19.4. The second-order valence-corrected chi connectivity index (χ2v) is 5.97. The Hall–Kier alpha value is -1.07. The van der Waals surface area contributed by atoms with Crippen molar-refractivity contribution < 1.29 is 18.3 Å². The summed E-state index contributed by atoms with van der Waals surface area (Å²) in [4.78, 5) is 2.20. The molecule has 1 aliphatic rings. The first-order chi connectivity index (χ1) is 9.90. The number of aliphatic hydroxyl groups excluding tert-OH is 1. The van der Waals surface area contributed by atoms with Crippen LogP contribution >= 0.6 is 0 Å². The SMILES string of the molecule is CN(Cc1ccc(C(F)(F)F)cc1)C1CCC(CO)CC1. The van der Waals surface area contributed by atoms with E-state index in [0.717, 1.165) is 43.4 Å². The minimum atomic E-state index is -4.27. The third-order valence-electron chi connectivity index (χ3n) is 4.41. The summed E-state index contributed by atoms with van der Waals surface area (Å²) in [5.41, 5.74) is 0.298. The van der Waals surface area contributed by atoms with Crippen LogP contribution in [0.25, 0.3) is 0 Å². The van der Waals surface area contributed by atoms with Gasteiger partial charge in [0.1, 0.15) is 0 Å². The summed E-state index contributed by atoms with van der Waals surface area (Å²) < 4.78 is 37.5. The third-order valence-corrected chi connectivity index (χ3v) is 4.41. The van der Waals surface area contributed by atoms with Crippen LogP contribution in [0.3, 0.4) is 0 Å². The zero-order chi connectivity index (χ0) is 15.5. The molecule has 0 spiro atoms. The molecule has 1 fully saturated rings. The molecule has 1 saturated carbocycles. The van der Waals surface area contributed by atoms with Crippen molar-refractivity contribution >= 4 is 0 Å². The maximum atomic E-state index is 12.5. The Balaban J connectivity index is 1.89. The van der Waals surface area contributed by atoms with Crippen LogP contribution in [0.2, 0.25) is 0 Å². The number of hydrogen-bond acceptors (Lipinski definition) is 2. The normalized spacial score (nSPS) is 23.5. The number of alkyl halides is 3. The largest absolute Gasteiger partial charge is 0.416 e. The summed E-state index contributed by atoms with van der Waals surface area (Å²) >= 11 is 0. The third kappa shape index (κ3) is 4.45. The summed E-state index contributed by atoms with van der Waals surface area (Å²) in [6.45, 7) is 0.919. The molecular weight excluding hydrogens is 279 g/mol. The zero-order valence-electron chi connectivity index (χ0n) is 12.2. The lowest BCUT2D eigenvalue weighted by molar-refractivity contribution is -0.137. The molecule has 0 amide bonds. The van der Waals surface area contributed by atoms with E-state index >= 15 is 0 Å².